The number of nitrogens with one attached hydrogen (secondary N) is 2. The largest absolute Gasteiger partial charge is 0.459 e. The molecular formula is C26H22N6O5. The number of fused-ring (bicyclic) bond motifs is 2. The molecule has 2 aromatic carbocycles. The fourth-order valence-electron chi connectivity index (χ4n) is 4.84. The first-order chi connectivity index (χ1) is 17.9. The van der Waals surface area contributed by atoms with Crippen LogP contribution in [0.5, 0.6) is 0 Å². The van der Waals surface area contributed by atoms with Crippen LogP contribution >= 0.6 is 0 Å². The number of aromatic nitrogens is 3. The van der Waals surface area contributed by atoms with Gasteiger partial charge in [-0.05, 0) is 43.2 Å². The molecule has 1 fully saturated rings. The van der Waals surface area contributed by atoms with E-state index in [9.17, 15) is 19.2 Å². The summed E-state index contributed by atoms with van der Waals surface area (Å²) < 4.78 is 7.31. The van der Waals surface area contributed by atoms with Gasteiger partial charge in [0.2, 0.25) is 11.8 Å². The van der Waals surface area contributed by atoms with Crippen molar-refractivity contribution in [2.45, 2.75) is 38.9 Å². The molecule has 11 nitrogen and oxygen atoms in total. The standard InChI is InChI=1S/C26H22N6O5/c1-14-17-4-2-3-5-21(17)37-22(14)11-27-24(34)19-13-32(30-29-19)16-6-7-18-15(10-16)12-31(26(18)36)20-8-9-23(33)28-25(20)35/h2-7,10,13,20H,8-9,11-12H2,1H3,(H,27,34)(H,28,33,35). The third-order valence-electron chi connectivity index (χ3n) is 6.85. The van der Waals surface area contributed by atoms with E-state index < -0.39 is 17.9 Å². The minimum absolute atomic E-state index is 0.135. The lowest BCUT2D eigenvalue weighted by Gasteiger charge is -2.29. The Kier molecular flexibility index (Phi) is 5.32. The Bertz CT molecular complexity index is 1600. The van der Waals surface area contributed by atoms with Crippen molar-refractivity contribution in [1.29, 1.82) is 0 Å². The van der Waals surface area contributed by atoms with Gasteiger partial charge in [-0.2, -0.15) is 0 Å². The van der Waals surface area contributed by atoms with Crippen molar-refractivity contribution in [2.75, 3.05) is 0 Å². The van der Waals surface area contributed by atoms with Crippen molar-refractivity contribution in [2.24, 2.45) is 0 Å². The molecule has 0 aliphatic carbocycles. The topological polar surface area (TPSA) is 139 Å². The number of hydrogen-bond acceptors (Lipinski definition) is 7. The van der Waals surface area contributed by atoms with Gasteiger partial charge < -0.3 is 14.6 Å². The molecule has 2 aliphatic rings. The van der Waals surface area contributed by atoms with E-state index >= 15 is 0 Å². The molecule has 0 saturated carbocycles. The summed E-state index contributed by atoms with van der Waals surface area (Å²) in [4.78, 5) is 50.8. The van der Waals surface area contributed by atoms with E-state index in [-0.39, 0.29) is 37.0 Å². The van der Waals surface area contributed by atoms with E-state index in [1.54, 1.807) is 18.2 Å². The van der Waals surface area contributed by atoms with Gasteiger partial charge in [0.05, 0.1) is 18.4 Å². The second-order valence-corrected chi connectivity index (χ2v) is 9.12. The van der Waals surface area contributed by atoms with E-state index in [0.717, 1.165) is 22.1 Å². The predicted octanol–water partition coefficient (Wildman–Crippen LogP) is 2.01. The summed E-state index contributed by atoms with van der Waals surface area (Å²) in [5.74, 6) is -0.762. The van der Waals surface area contributed by atoms with Gasteiger partial charge in [-0.15, -0.1) is 5.10 Å². The minimum Gasteiger partial charge on any atom is -0.459 e. The molecule has 11 heteroatoms. The van der Waals surface area contributed by atoms with Crippen LogP contribution in [-0.2, 0) is 22.7 Å². The number of para-hydroxylation sites is 1. The molecule has 2 aliphatic heterocycles. The normalized spacial score (nSPS) is 17.3. The first-order valence-corrected chi connectivity index (χ1v) is 11.8. The van der Waals surface area contributed by atoms with Crippen LogP contribution in [0, 0.1) is 6.92 Å². The Hall–Kier alpha value is -4.80. The average molecular weight is 498 g/mol. The molecule has 1 atom stereocenters. The van der Waals surface area contributed by atoms with Crippen LogP contribution in [0.15, 0.2) is 53.1 Å². The molecule has 1 unspecified atom stereocenters. The lowest BCUT2D eigenvalue weighted by molar-refractivity contribution is -0.136. The van der Waals surface area contributed by atoms with E-state index in [1.165, 1.54) is 15.8 Å². The van der Waals surface area contributed by atoms with Crippen LogP contribution in [0.4, 0.5) is 0 Å². The number of benzene rings is 2. The molecule has 0 spiro atoms. The maximum Gasteiger partial charge on any atom is 0.273 e. The number of carbonyl (C=O) groups is 4. The van der Waals surface area contributed by atoms with E-state index in [0.29, 0.717) is 23.4 Å². The minimum atomic E-state index is -0.682. The van der Waals surface area contributed by atoms with Crippen molar-refractivity contribution in [3.05, 3.63) is 76.8 Å². The fraction of sp³-hybridized carbons (Fsp3) is 0.231. The van der Waals surface area contributed by atoms with Gasteiger partial charge in [-0.1, -0.05) is 23.4 Å². The molecule has 4 aromatic rings. The number of imide groups is 1. The van der Waals surface area contributed by atoms with E-state index in [1.807, 2.05) is 31.2 Å². The molecule has 0 radical (unpaired) electrons. The Balaban J connectivity index is 1.15. The first-order valence-electron chi connectivity index (χ1n) is 11.8. The molecule has 2 N–H and O–H groups in total. The number of nitrogens with zero attached hydrogens (tertiary/aromatic N) is 4. The maximum absolute atomic E-state index is 12.9. The molecule has 4 amide bonds. The number of furan rings is 1. The predicted molar refractivity (Wildman–Crippen MR) is 130 cm³/mol. The van der Waals surface area contributed by atoms with Crippen LogP contribution in [0.3, 0.4) is 0 Å². The van der Waals surface area contributed by atoms with Gasteiger partial charge in [-0.25, -0.2) is 4.68 Å². The van der Waals surface area contributed by atoms with Crippen LogP contribution in [-0.4, -0.2) is 49.6 Å². The number of aryl methyl sites for hydroxylation is 1. The van der Waals surface area contributed by atoms with Crippen LogP contribution in [0.1, 0.15) is 50.6 Å². The second-order valence-electron chi connectivity index (χ2n) is 9.12. The van der Waals surface area contributed by atoms with Crippen molar-refractivity contribution in [3.63, 3.8) is 0 Å². The Morgan fingerprint density at radius 2 is 2.03 bits per heavy atom. The highest BCUT2D eigenvalue weighted by molar-refractivity contribution is 6.05. The average Bonchev–Trinajstić information content (AvgIpc) is 3.59. The highest BCUT2D eigenvalue weighted by Crippen LogP contribution is 2.29. The molecule has 0 bridgehead atoms. The summed E-state index contributed by atoms with van der Waals surface area (Å²) in [6, 6.07) is 12.2. The van der Waals surface area contributed by atoms with Crippen molar-refractivity contribution >= 4 is 34.6 Å². The third kappa shape index (κ3) is 3.94. The lowest BCUT2D eigenvalue weighted by atomic mass is 10.0. The van der Waals surface area contributed by atoms with Crippen LogP contribution in [0.25, 0.3) is 16.7 Å². The molecule has 37 heavy (non-hydrogen) atoms. The summed E-state index contributed by atoms with van der Waals surface area (Å²) >= 11 is 0. The smallest absolute Gasteiger partial charge is 0.273 e. The molecule has 186 valence electrons. The van der Waals surface area contributed by atoms with Crippen molar-refractivity contribution in [3.8, 4) is 5.69 Å². The maximum atomic E-state index is 12.9. The van der Waals surface area contributed by atoms with E-state index in [4.69, 9.17) is 4.42 Å². The first kappa shape index (κ1) is 22.7. The quantitative estimate of drug-likeness (QED) is 0.401. The number of carbonyl (C=O) groups excluding carboxylic acids is 4. The third-order valence-corrected chi connectivity index (χ3v) is 6.85. The zero-order valence-corrected chi connectivity index (χ0v) is 19.9. The number of rotatable bonds is 5. The molecule has 4 heterocycles. The van der Waals surface area contributed by atoms with E-state index in [2.05, 4.69) is 20.9 Å². The van der Waals surface area contributed by atoms with Gasteiger partial charge in [0.25, 0.3) is 11.8 Å². The molecule has 6 rings (SSSR count). The molecule has 1 saturated heterocycles. The van der Waals surface area contributed by atoms with Gasteiger partial charge >= 0.3 is 0 Å². The van der Waals surface area contributed by atoms with Crippen molar-refractivity contribution in [1.82, 2.24) is 30.5 Å². The van der Waals surface area contributed by atoms with Gasteiger partial charge in [0.1, 0.15) is 17.4 Å². The van der Waals surface area contributed by atoms with Gasteiger partial charge in [0.15, 0.2) is 5.69 Å². The van der Waals surface area contributed by atoms with Gasteiger partial charge in [-0.3, -0.25) is 24.5 Å². The summed E-state index contributed by atoms with van der Waals surface area (Å²) in [6.07, 6.45) is 2.01. The second kappa shape index (κ2) is 8.70. The number of amides is 4. The zero-order chi connectivity index (χ0) is 25.7. The monoisotopic (exact) mass is 498 g/mol. The summed E-state index contributed by atoms with van der Waals surface area (Å²) in [6.45, 7) is 2.40. The SMILES string of the molecule is Cc1c(CNC(=O)c2cn(-c3ccc4c(c3)CN(C3CCC(=O)NC3=O)C4=O)nn2)oc2ccccc12. The number of hydrogen-bond donors (Lipinski definition) is 2. The van der Waals surface area contributed by atoms with Gasteiger partial charge in [0, 0.05) is 29.5 Å². The Labute approximate surface area is 210 Å². The molecule has 2 aromatic heterocycles. The van der Waals surface area contributed by atoms with Crippen molar-refractivity contribution < 1.29 is 23.6 Å². The summed E-state index contributed by atoms with van der Waals surface area (Å²) in [5.41, 5.74) is 3.72. The molecular weight excluding hydrogens is 476 g/mol. The number of piperidine rings is 1. The zero-order valence-electron chi connectivity index (χ0n) is 19.9. The van der Waals surface area contributed by atoms with Crippen LogP contribution in [0.2, 0.25) is 0 Å². The summed E-state index contributed by atoms with van der Waals surface area (Å²) in [7, 11) is 0. The fourth-order valence-corrected chi connectivity index (χ4v) is 4.84. The highest BCUT2D eigenvalue weighted by Gasteiger charge is 2.39. The summed E-state index contributed by atoms with van der Waals surface area (Å²) in [5, 5.41) is 14.2. The van der Waals surface area contributed by atoms with Crippen LogP contribution < -0.4 is 10.6 Å². The Morgan fingerprint density at radius 1 is 1.19 bits per heavy atom. The highest BCUT2D eigenvalue weighted by atomic mass is 16.3. The lowest BCUT2D eigenvalue weighted by Crippen LogP contribution is -2.52. The Morgan fingerprint density at radius 3 is 2.84 bits per heavy atom.